The van der Waals surface area contributed by atoms with Crippen LogP contribution in [0.5, 0.6) is 5.75 Å². The van der Waals surface area contributed by atoms with Gasteiger partial charge in [-0.15, -0.1) is 0 Å². The number of carbonyl (C=O) groups is 2. The molecule has 0 radical (unpaired) electrons. The van der Waals surface area contributed by atoms with E-state index >= 15 is 0 Å². The summed E-state index contributed by atoms with van der Waals surface area (Å²) in [5, 5.41) is 11.3. The maximum atomic E-state index is 12.0. The lowest BCUT2D eigenvalue weighted by atomic mass is 10.1. The van der Waals surface area contributed by atoms with Crippen LogP contribution >= 0.6 is 15.9 Å². The number of Topliss-reactive ketones (excluding diaryl/α,β-unsaturated/α-hetero) is 1. The molecule has 5 nitrogen and oxygen atoms in total. The number of hydrogen-bond acceptors (Lipinski definition) is 4. The van der Waals surface area contributed by atoms with E-state index in [1.54, 1.807) is 42.5 Å². The molecule has 0 saturated carbocycles. The predicted octanol–water partition coefficient (Wildman–Crippen LogP) is 3.63. The molecule has 128 valence electrons. The van der Waals surface area contributed by atoms with Gasteiger partial charge in [0, 0.05) is 29.4 Å². The van der Waals surface area contributed by atoms with Crippen molar-refractivity contribution in [3.8, 4) is 11.8 Å². The van der Waals surface area contributed by atoms with Gasteiger partial charge in [-0.1, -0.05) is 40.2 Å². The highest BCUT2D eigenvalue weighted by Crippen LogP contribution is 2.14. The van der Waals surface area contributed by atoms with Crippen LogP contribution in [0.4, 0.5) is 0 Å². The summed E-state index contributed by atoms with van der Waals surface area (Å²) in [5.74, 6) is 0.335. The largest absolute Gasteiger partial charge is 0.479 e. The fourth-order valence-electron chi connectivity index (χ4n) is 2.16. The van der Waals surface area contributed by atoms with Crippen LogP contribution in [-0.4, -0.2) is 18.3 Å². The van der Waals surface area contributed by atoms with Gasteiger partial charge >= 0.3 is 0 Å². The molecule has 2 aromatic carbocycles. The molecular weight excluding hydrogens is 384 g/mol. The zero-order valence-electron chi connectivity index (χ0n) is 13.5. The van der Waals surface area contributed by atoms with Crippen molar-refractivity contribution in [2.45, 2.75) is 19.4 Å². The summed E-state index contributed by atoms with van der Waals surface area (Å²) in [5.41, 5.74) is 1.46. The van der Waals surface area contributed by atoms with Gasteiger partial charge < -0.3 is 10.1 Å². The molecule has 2 rings (SSSR count). The van der Waals surface area contributed by atoms with Crippen molar-refractivity contribution in [2.75, 3.05) is 6.61 Å². The highest BCUT2D eigenvalue weighted by atomic mass is 79.9. The Morgan fingerprint density at radius 2 is 1.88 bits per heavy atom. The molecule has 25 heavy (non-hydrogen) atoms. The van der Waals surface area contributed by atoms with Crippen molar-refractivity contribution in [3.05, 3.63) is 64.1 Å². The predicted molar refractivity (Wildman–Crippen MR) is 97.1 cm³/mol. The minimum Gasteiger partial charge on any atom is -0.479 e. The molecule has 0 heterocycles. The fraction of sp³-hybridized carbons (Fsp3) is 0.211. The SMILES string of the molecule is N#CCOc1cccc(CNC(=O)CCC(=O)c2ccc(Br)cc2)c1. The number of amides is 1. The molecule has 0 atom stereocenters. The van der Waals surface area contributed by atoms with Gasteiger partial charge in [-0.3, -0.25) is 9.59 Å². The molecule has 0 unspecified atom stereocenters. The Bertz CT molecular complexity index is 782. The van der Waals surface area contributed by atoms with E-state index in [0.717, 1.165) is 10.0 Å². The van der Waals surface area contributed by atoms with Gasteiger partial charge in [0.15, 0.2) is 12.4 Å². The van der Waals surface area contributed by atoms with Crippen molar-refractivity contribution in [1.29, 1.82) is 5.26 Å². The van der Waals surface area contributed by atoms with Gasteiger partial charge in [0.05, 0.1) is 0 Å². The van der Waals surface area contributed by atoms with Gasteiger partial charge in [-0.2, -0.15) is 5.26 Å². The fourth-order valence-corrected chi connectivity index (χ4v) is 2.42. The Balaban J connectivity index is 1.78. The van der Waals surface area contributed by atoms with E-state index in [1.807, 2.05) is 12.1 Å². The molecule has 0 saturated heterocycles. The minimum atomic E-state index is -0.186. The number of nitrogens with one attached hydrogen (secondary N) is 1. The molecule has 6 heteroatoms. The van der Waals surface area contributed by atoms with Gasteiger partial charge in [0.1, 0.15) is 11.8 Å². The normalized spacial score (nSPS) is 9.92. The van der Waals surface area contributed by atoms with Crippen molar-refractivity contribution >= 4 is 27.6 Å². The number of hydrogen-bond donors (Lipinski definition) is 1. The van der Waals surface area contributed by atoms with Crippen LogP contribution in [0.15, 0.2) is 53.0 Å². The second kappa shape index (κ2) is 9.60. The van der Waals surface area contributed by atoms with Crippen LogP contribution in [0.3, 0.4) is 0 Å². The number of ether oxygens (including phenoxy) is 1. The lowest BCUT2D eigenvalue weighted by molar-refractivity contribution is -0.121. The third kappa shape index (κ3) is 6.40. The van der Waals surface area contributed by atoms with E-state index in [0.29, 0.717) is 17.9 Å². The number of rotatable bonds is 8. The molecule has 0 bridgehead atoms. The van der Waals surface area contributed by atoms with Gasteiger partial charge in [0.25, 0.3) is 0 Å². The Hall–Kier alpha value is -2.65. The Morgan fingerprint density at radius 1 is 1.12 bits per heavy atom. The number of benzene rings is 2. The summed E-state index contributed by atoms with van der Waals surface area (Å²) < 4.78 is 6.12. The maximum absolute atomic E-state index is 12.0. The van der Waals surface area contributed by atoms with Crippen molar-refractivity contribution in [3.63, 3.8) is 0 Å². The minimum absolute atomic E-state index is 0.0199. The molecule has 1 amide bonds. The smallest absolute Gasteiger partial charge is 0.220 e. The molecule has 0 spiro atoms. The van der Waals surface area contributed by atoms with Crippen LogP contribution in [0.1, 0.15) is 28.8 Å². The Labute approximate surface area is 154 Å². The molecule has 2 aromatic rings. The summed E-state index contributed by atoms with van der Waals surface area (Å²) in [6.07, 6.45) is 0.304. The lowest BCUT2D eigenvalue weighted by Gasteiger charge is -2.07. The van der Waals surface area contributed by atoms with Crippen LogP contribution in [0.2, 0.25) is 0 Å². The topological polar surface area (TPSA) is 79.2 Å². The first kappa shape index (κ1) is 18.7. The van der Waals surface area contributed by atoms with Crippen LogP contribution in [-0.2, 0) is 11.3 Å². The van der Waals surface area contributed by atoms with E-state index in [2.05, 4.69) is 21.2 Å². The van der Waals surface area contributed by atoms with Crippen LogP contribution in [0, 0.1) is 11.3 Å². The van der Waals surface area contributed by atoms with Crippen LogP contribution in [0.25, 0.3) is 0 Å². The van der Waals surface area contributed by atoms with E-state index in [9.17, 15) is 9.59 Å². The number of carbonyl (C=O) groups excluding carboxylic acids is 2. The second-order valence-electron chi connectivity index (χ2n) is 5.30. The van der Waals surface area contributed by atoms with E-state index in [-0.39, 0.29) is 31.1 Å². The summed E-state index contributed by atoms with van der Waals surface area (Å²) in [6.45, 7) is 0.322. The molecule has 0 aliphatic heterocycles. The van der Waals surface area contributed by atoms with E-state index < -0.39 is 0 Å². The summed E-state index contributed by atoms with van der Waals surface area (Å²) in [6, 6.07) is 16.1. The third-order valence-electron chi connectivity index (χ3n) is 3.44. The third-order valence-corrected chi connectivity index (χ3v) is 3.97. The average Bonchev–Trinajstić information content (AvgIpc) is 2.63. The van der Waals surface area contributed by atoms with Gasteiger partial charge in [0.2, 0.25) is 5.91 Å². The van der Waals surface area contributed by atoms with E-state index in [4.69, 9.17) is 10.00 Å². The summed E-state index contributed by atoms with van der Waals surface area (Å²) >= 11 is 3.32. The summed E-state index contributed by atoms with van der Waals surface area (Å²) in [4.78, 5) is 24.0. The molecule has 0 fully saturated rings. The van der Waals surface area contributed by atoms with Crippen molar-refractivity contribution in [2.24, 2.45) is 0 Å². The first-order valence-electron chi connectivity index (χ1n) is 7.72. The van der Waals surface area contributed by atoms with E-state index in [1.165, 1.54) is 0 Å². The molecule has 0 aliphatic rings. The van der Waals surface area contributed by atoms with Crippen LogP contribution < -0.4 is 10.1 Å². The highest BCUT2D eigenvalue weighted by molar-refractivity contribution is 9.10. The first-order valence-corrected chi connectivity index (χ1v) is 8.52. The zero-order chi connectivity index (χ0) is 18.1. The average molecular weight is 401 g/mol. The monoisotopic (exact) mass is 400 g/mol. The number of halogens is 1. The van der Waals surface area contributed by atoms with Crippen molar-refractivity contribution < 1.29 is 14.3 Å². The molecular formula is C19H17BrN2O3. The van der Waals surface area contributed by atoms with Crippen molar-refractivity contribution in [1.82, 2.24) is 5.32 Å². The Morgan fingerprint density at radius 3 is 2.60 bits per heavy atom. The quantitative estimate of drug-likeness (QED) is 0.686. The second-order valence-corrected chi connectivity index (χ2v) is 6.22. The lowest BCUT2D eigenvalue weighted by Crippen LogP contribution is -2.23. The maximum Gasteiger partial charge on any atom is 0.220 e. The molecule has 0 aromatic heterocycles. The summed E-state index contributed by atoms with van der Waals surface area (Å²) in [7, 11) is 0. The number of ketones is 1. The highest BCUT2D eigenvalue weighted by Gasteiger charge is 2.09. The number of nitrogens with zero attached hydrogens (tertiary/aromatic N) is 1. The number of nitriles is 1. The zero-order valence-corrected chi connectivity index (χ0v) is 15.1. The van der Waals surface area contributed by atoms with Gasteiger partial charge in [-0.05, 0) is 29.8 Å². The Kier molecular flexibility index (Phi) is 7.17. The molecule has 0 aliphatic carbocycles. The standard InChI is InChI=1S/C19H17BrN2O3/c20-16-6-4-15(5-7-16)18(23)8-9-19(24)22-13-14-2-1-3-17(12-14)25-11-10-21/h1-7,12H,8-9,11,13H2,(H,22,24). The molecule has 1 N–H and O–H groups in total. The first-order chi connectivity index (χ1) is 12.1. The van der Waals surface area contributed by atoms with Gasteiger partial charge in [-0.25, -0.2) is 0 Å².